The highest BCUT2D eigenvalue weighted by Gasteiger charge is 2.13. The Morgan fingerprint density at radius 3 is 2.69 bits per heavy atom. The van der Waals surface area contributed by atoms with E-state index in [-0.39, 0.29) is 22.1 Å². The Morgan fingerprint density at radius 2 is 2.23 bits per heavy atom. The maximum atomic E-state index is 10.4. The molecule has 0 saturated carbocycles. The monoisotopic (exact) mass is 199 g/mol. The molecule has 1 rings (SSSR count). The van der Waals surface area contributed by atoms with E-state index in [4.69, 9.17) is 22.7 Å². The average molecular weight is 200 g/mol. The summed E-state index contributed by atoms with van der Waals surface area (Å²) in [6.45, 7) is 0. The predicted molar refractivity (Wildman–Crippen MR) is 49.1 cm³/mol. The smallest absolute Gasteiger partial charge is 0.288 e. The zero-order valence-electron chi connectivity index (χ0n) is 6.45. The van der Waals surface area contributed by atoms with E-state index in [0.29, 0.717) is 0 Å². The molecule has 13 heavy (non-hydrogen) atoms. The summed E-state index contributed by atoms with van der Waals surface area (Å²) in [6, 6.07) is 3.97. The molecule has 1 aromatic carbocycles. The van der Waals surface area contributed by atoms with Gasteiger partial charge >= 0.3 is 0 Å². The van der Waals surface area contributed by atoms with Crippen LogP contribution in [0.3, 0.4) is 0 Å². The third-order valence-corrected chi connectivity index (χ3v) is 1.77. The number of nitro benzene ring substituents is 1. The van der Waals surface area contributed by atoms with Gasteiger partial charge in [0.1, 0.15) is 10.9 Å². The van der Waals surface area contributed by atoms with Gasteiger partial charge < -0.3 is 5.73 Å². The number of amidine groups is 1. The molecule has 3 N–H and O–H groups in total. The molecule has 0 amide bonds. The second kappa shape index (κ2) is 3.40. The van der Waals surface area contributed by atoms with Crippen LogP contribution in [0.1, 0.15) is 5.56 Å². The Kier molecular flexibility index (Phi) is 2.48. The molecule has 0 saturated heterocycles. The first-order valence-electron chi connectivity index (χ1n) is 3.30. The Hall–Kier alpha value is -1.62. The Bertz CT molecular complexity index is 378. The topological polar surface area (TPSA) is 93.0 Å². The van der Waals surface area contributed by atoms with Gasteiger partial charge in [-0.1, -0.05) is 11.6 Å². The normalized spacial score (nSPS) is 9.62. The van der Waals surface area contributed by atoms with Gasteiger partial charge in [0, 0.05) is 11.6 Å². The molecule has 0 fully saturated rings. The highest BCUT2D eigenvalue weighted by molar-refractivity contribution is 6.32. The number of nitrogens with one attached hydrogen (secondary N) is 1. The molecule has 0 aromatic heterocycles. The fourth-order valence-electron chi connectivity index (χ4n) is 0.820. The van der Waals surface area contributed by atoms with Crippen molar-refractivity contribution < 1.29 is 4.92 Å². The van der Waals surface area contributed by atoms with Gasteiger partial charge in [-0.15, -0.1) is 0 Å². The fraction of sp³-hybridized carbons (Fsp3) is 0. The van der Waals surface area contributed by atoms with Crippen LogP contribution in [0.25, 0.3) is 0 Å². The molecule has 0 bridgehead atoms. The summed E-state index contributed by atoms with van der Waals surface area (Å²) in [5, 5.41) is 17.5. The van der Waals surface area contributed by atoms with Crippen molar-refractivity contribution >= 4 is 23.1 Å². The van der Waals surface area contributed by atoms with Crippen molar-refractivity contribution in [3.63, 3.8) is 0 Å². The highest BCUT2D eigenvalue weighted by Crippen LogP contribution is 2.24. The molecule has 68 valence electrons. The van der Waals surface area contributed by atoms with Crippen LogP contribution >= 0.6 is 11.6 Å². The first-order valence-corrected chi connectivity index (χ1v) is 3.68. The molecule has 0 unspecified atom stereocenters. The molecule has 0 aliphatic carbocycles. The Morgan fingerprint density at radius 1 is 1.62 bits per heavy atom. The van der Waals surface area contributed by atoms with Crippen molar-refractivity contribution in [2.75, 3.05) is 0 Å². The van der Waals surface area contributed by atoms with Crippen molar-refractivity contribution in [3.8, 4) is 0 Å². The van der Waals surface area contributed by atoms with E-state index in [0.717, 1.165) is 0 Å². The van der Waals surface area contributed by atoms with Crippen molar-refractivity contribution in [1.82, 2.24) is 0 Å². The van der Waals surface area contributed by atoms with E-state index in [9.17, 15) is 10.1 Å². The number of nitrogen functional groups attached to an aromatic ring is 1. The van der Waals surface area contributed by atoms with Gasteiger partial charge in [0.05, 0.1) is 4.92 Å². The largest absolute Gasteiger partial charge is 0.384 e. The van der Waals surface area contributed by atoms with E-state index < -0.39 is 4.92 Å². The van der Waals surface area contributed by atoms with Gasteiger partial charge in [0.15, 0.2) is 0 Å². The third-order valence-electron chi connectivity index (χ3n) is 1.45. The lowest BCUT2D eigenvalue weighted by Crippen LogP contribution is -2.11. The fourth-order valence-corrected chi connectivity index (χ4v) is 1.01. The lowest BCUT2D eigenvalue weighted by molar-refractivity contribution is -0.384. The van der Waals surface area contributed by atoms with Crippen LogP contribution in [0.15, 0.2) is 18.2 Å². The maximum Gasteiger partial charge on any atom is 0.288 e. The minimum atomic E-state index is -0.616. The number of rotatable bonds is 2. The molecule has 0 spiro atoms. The van der Waals surface area contributed by atoms with Crippen molar-refractivity contribution in [2.24, 2.45) is 5.73 Å². The van der Waals surface area contributed by atoms with Crippen molar-refractivity contribution in [1.29, 1.82) is 5.41 Å². The first-order chi connectivity index (χ1) is 6.02. The van der Waals surface area contributed by atoms with Gasteiger partial charge in [-0.2, -0.15) is 0 Å². The summed E-state index contributed by atoms with van der Waals surface area (Å²) >= 11 is 5.54. The van der Waals surface area contributed by atoms with Gasteiger partial charge in [0.25, 0.3) is 5.69 Å². The number of nitro groups is 1. The zero-order chi connectivity index (χ0) is 10.0. The van der Waals surface area contributed by atoms with Gasteiger partial charge in [-0.3, -0.25) is 15.5 Å². The second-order valence-electron chi connectivity index (χ2n) is 2.34. The summed E-state index contributed by atoms with van der Waals surface area (Å²) in [6.07, 6.45) is 0. The highest BCUT2D eigenvalue weighted by atomic mass is 35.5. The van der Waals surface area contributed by atoms with E-state index in [1.54, 1.807) is 0 Å². The molecule has 0 atom stereocenters. The van der Waals surface area contributed by atoms with Crippen LogP contribution in [0, 0.1) is 15.5 Å². The van der Waals surface area contributed by atoms with Crippen LogP contribution in [0.5, 0.6) is 0 Å². The summed E-state index contributed by atoms with van der Waals surface area (Å²) < 4.78 is 0. The molecule has 0 heterocycles. The number of nitrogens with zero attached hydrogens (tertiary/aromatic N) is 1. The van der Waals surface area contributed by atoms with E-state index in [1.807, 2.05) is 0 Å². The molecular weight excluding hydrogens is 194 g/mol. The second-order valence-corrected chi connectivity index (χ2v) is 2.74. The van der Waals surface area contributed by atoms with E-state index in [1.165, 1.54) is 18.2 Å². The van der Waals surface area contributed by atoms with Crippen LogP contribution < -0.4 is 5.73 Å². The summed E-state index contributed by atoms with van der Waals surface area (Å²) in [4.78, 5) is 9.79. The Balaban J connectivity index is 3.27. The molecule has 0 aliphatic rings. The molecule has 1 aromatic rings. The van der Waals surface area contributed by atoms with Crippen LogP contribution in [0.2, 0.25) is 5.02 Å². The first kappa shape index (κ1) is 9.47. The zero-order valence-corrected chi connectivity index (χ0v) is 7.21. The minimum Gasteiger partial charge on any atom is -0.384 e. The van der Waals surface area contributed by atoms with E-state index >= 15 is 0 Å². The van der Waals surface area contributed by atoms with Gasteiger partial charge in [0.2, 0.25) is 0 Å². The van der Waals surface area contributed by atoms with Gasteiger partial charge in [-0.05, 0) is 12.1 Å². The molecule has 0 radical (unpaired) electrons. The number of benzene rings is 1. The van der Waals surface area contributed by atoms with Gasteiger partial charge in [-0.25, -0.2) is 0 Å². The van der Waals surface area contributed by atoms with E-state index in [2.05, 4.69) is 0 Å². The number of hydrogen-bond donors (Lipinski definition) is 2. The van der Waals surface area contributed by atoms with Crippen LogP contribution in [0.4, 0.5) is 5.69 Å². The number of hydrogen-bond acceptors (Lipinski definition) is 3. The standard InChI is InChI=1S/C7H6ClN3O2/c8-5-2-1-4(7(9)10)3-6(5)11(12)13/h1-3H,(H3,9,10). The van der Waals surface area contributed by atoms with Crippen molar-refractivity contribution in [2.45, 2.75) is 0 Å². The lowest BCUT2D eigenvalue weighted by Gasteiger charge is -1.98. The third kappa shape index (κ3) is 1.94. The van der Waals surface area contributed by atoms with Crippen molar-refractivity contribution in [3.05, 3.63) is 38.9 Å². The van der Waals surface area contributed by atoms with Crippen LogP contribution in [-0.2, 0) is 0 Å². The average Bonchev–Trinajstić information content (AvgIpc) is 2.04. The molecule has 6 heteroatoms. The number of halogens is 1. The summed E-state index contributed by atoms with van der Waals surface area (Å²) in [7, 11) is 0. The molecular formula is C7H6ClN3O2. The SMILES string of the molecule is N=C(N)c1ccc(Cl)c([N+](=O)[O-])c1. The lowest BCUT2D eigenvalue weighted by atomic mass is 10.2. The predicted octanol–water partition coefficient (Wildman–Crippen LogP) is 1.53. The summed E-state index contributed by atoms with van der Waals surface area (Å²) in [5.74, 6) is -0.222. The summed E-state index contributed by atoms with van der Waals surface area (Å²) in [5.41, 5.74) is 5.20. The quantitative estimate of drug-likeness (QED) is 0.327. The van der Waals surface area contributed by atoms with Crippen LogP contribution in [-0.4, -0.2) is 10.8 Å². The number of nitrogens with two attached hydrogens (primary N) is 1. The maximum absolute atomic E-state index is 10.4. The minimum absolute atomic E-state index is 0.0370. The molecule has 0 aliphatic heterocycles. The molecule has 5 nitrogen and oxygen atoms in total. The Labute approximate surface area is 78.8 Å².